The molecule has 140 valence electrons. The zero-order valence-corrected chi connectivity index (χ0v) is 15.9. The first-order valence-corrected chi connectivity index (χ1v) is 10.2. The lowest BCUT2D eigenvalue weighted by molar-refractivity contribution is 0.422. The van der Waals surface area contributed by atoms with Crippen molar-refractivity contribution in [3.05, 3.63) is 95.1 Å². The van der Waals surface area contributed by atoms with Crippen LogP contribution < -0.4 is 0 Å². The zero-order chi connectivity index (χ0) is 19.9. The summed E-state index contributed by atoms with van der Waals surface area (Å²) in [6.45, 7) is 1.94. The summed E-state index contributed by atoms with van der Waals surface area (Å²) in [4.78, 5) is -0.476. The Morgan fingerprint density at radius 2 is 1.61 bits per heavy atom. The molecular formula is C23H18O4S. The van der Waals surface area contributed by atoms with Gasteiger partial charge in [-0.3, -0.25) is 0 Å². The van der Waals surface area contributed by atoms with Gasteiger partial charge in [0.15, 0.2) is 4.90 Å². The van der Waals surface area contributed by atoms with Crippen LogP contribution in [-0.4, -0.2) is 18.6 Å². The topological polar surface area (TPSA) is 74.6 Å². The molecule has 2 aliphatic rings. The van der Waals surface area contributed by atoms with Crippen LogP contribution in [-0.2, 0) is 9.84 Å². The molecule has 2 aliphatic carbocycles. The molecule has 28 heavy (non-hydrogen) atoms. The van der Waals surface area contributed by atoms with E-state index in [9.17, 15) is 18.6 Å². The van der Waals surface area contributed by atoms with E-state index in [1.165, 1.54) is 18.2 Å². The Hall–Kier alpha value is -3.31. The number of phenolic OH excluding ortho intramolecular Hbond substituents is 2. The lowest BCUT2D eigenvalue weighted by Gasteiger charge is -2.17. The molecule has 0 heterocycles. The summed E-state index contributed by atoms with van der Waals surface area (Å²) < 4.78 is 26.1. The van der Waals surface area contributed by atoms with E-state index in [4.69, 9.17) is 0 Å². The van der Waals surface area contributed by atoms with Gasteiger partial charge in [0.2, 0.25) is 9.84 Å². The number of phenols is 2. The number of rotatable bonds is 2. The molecule has 0 saturated heterocycles. The number of fused-ring (bicyclic) bond motifs is 3. The third kappa shape index (κ3) is 2.80. The van der Waals surface area contributed by atoms with Gasteiger partial charge in [-0.25, -0.2) is 8.42 Å². The van der Waals surface area contributed by atoms with Crippen LogP contribution in [0.15, 0.2) is 93.8 Å². The fraction of sp³-hybridized carbons (Fsp3) is 0.0435. The van der Waals surface area contributed by atoms with Crippen LogP contribution >= 0.6 is 0 Å². The summed E-state index contributed by atoms with van der Waals surface area (Å²) in [6.07, 6.45) is 13.0. The molecule has 4 nitrogen and oxygen atoms in total. The van der Waals surface area contributed by atoms with Crippen molar-refractivity contribution in [3.63, 3.8) is 0 Å². The molecule has 2 aromatic carbocycles. The van der Waals surface area contributed by atoms with Crippen molar-refractivity contribution in [1.82, 2.24) is 0 Å². The summed E-state index contributed by atoms with van der Waals surface area (Å²) in [6, 6.07) is 9.18. The van der Waals surface area contributed by atoms with Crippen LogP contribution in [0.25, 0.3) is 11.6 Å². The molecule has 0 saturated carbocycles. The molecule has 0 radical (unpaired) electrons. The summed E-state index contributed by atoms with van der Waals surface area (Å²) in [5.74, 6) is -0.936. The van der Waals surface area contributed by atoms with Gasteiger partial charge in [0, 0.05) is 5.56 Å². The Balaban J connectivity index is 2.02. The highest BCUT2D eigenvalue weighted by molar-refractivity contribution is 7.91. The first kappa shape index (κ1) is 18.1. The van der Waals surface area contributed by atoms with Crippen molar-refractivity contribution < 1.29 is 18.6 Å². The maximum absolute atomic E-state index is 13.1. The molecule has 0 aromatic heterocycles. The molecule has 0 fully saturated rings. The maximum Gasteiger partial charge on any atom is 0.213 e. The predicted octanol–water partition coefficient (Wildman–Crippen LogP) is 4.78. The van der Waals surface area contributed by atoms with E-state index in [0.29, 0.717) is 11.1 Å². The minimum absolute atomic E-state index is 0.00712. The highest BCUT2D eigenvalue weighted by atomic mass is 32.2. The van der Waals surface area contributed by atoms with Gasteiger partial charge < -0.3 is 10.2 Å². The number of hydrogen-bond acceptors (Lipinski definition) is 4. The van der Waals surface area contributed by atoms with Gasteiger partial charge in [0.25, 0.3) is 0 Å². The molecule has 0 spiro atoms. The first-order chi connectivity index (χ1) is 13.4. The molecule has 2 N–H and O–H groups in total. The van der Waals surface area contributed by atoms with Crippen molar-refractivity contribution >= 4 is 21.5 Å². The number of benzene rings is 2. The minimum atomic E-state index is -4.09. The summed E-state index contributed by atoms with van der Waals surface area (Å²) >= 11 is 0. The fourth-order valence-electron chi connectivity index (χ4n) is 3.52. The monoisotopic (exact) mass is 390 g/mol. The molecule has 0 amide bonds. The molecule has 0 unspecified atom stereocenters. The third-order valence-electron chi connectivity index (χ3n) is 4.82. The van der Waals surface area contributed by atoms with E-state index >= 15 is 0 Å². The largest absolute Gasteiger partial charge is 0.506 e. The SMILES string of the molecule is CC1=C2C(=CC=Cc3c2cc(O)c(S(=O)(=O)c2ccccc2)c3O)C=CC=C1. The van der Waals surface area contributed by atoms with E-state index in [2.05, 4.69) is 0 Å². The van der Waals surface area contributed by atoms with Crippen LogP contribution in [0.1, 0.15) is 18.1 Å². The standard InChI is InChI=1S/C23H18O4S/c1-15-8-5-6-9-16-10-7-13-18-19(21(15)16)14-20(24)23(22(18)25)28(26,27)17-11-3-2-4-12-17/h2-14,24-25H,1H3. The van der Waals surface area contributed by atoms with E-state index in [1.54, 1.807) is 30.4 Å². The molecule has 0 aliphatic heterocycles. The van der Waals surface area contributed by atoms with Gasteiger partial charge in [0.05, 0.1) is 4.90 Å². The number of hydrogen-bond donors (Lipinski definition) is 2. The van der Waals surface area contributed by atoms with Gasteiger partial charge in [-0.1, -0.05) is 60.7 Å². The highest BCUT2D eigenvalue weighted by Crippen LogP contribution is 2.46. The van der Waals surface area contributed by atoms with Crippen molar-refractivity contribution in [1.29, 1.82) is 0 Å². The van der Waals surface area contributed by atoms with Crippen LogP contribution in [0.5, 0.6) is 11.5 Å². The average molecular weight is 390 g/mol. The lowest BCUT2D eigenvalue weighted by atomic mass is 9.91. The molecule has 4 rings (SSSR count). The smallest absolute Gasteiger partial charge is 0.213 e. The molecular weight excluding hydrogens is 372 g/mol. The maximum atomic E-state index is 13.1. The van der Waals surface area contributed by atoms with Gasteiger partial charge >= 0.3 is 0 Å². The van der Waals surface area contributed by atoms with E-state index in [0.717, 1.165) is 16.7 Å². The normalized spacial score (nSPS) is 15.5. The Bertz CT molecular complexity index is 1230. The lowest BCUT2D eigenvalue weighted by Crippen LogP contribution is -2.05. The average Bonchev–Trinajstić information content (AvgIpc) is 2.96. The van der Waals surface area contributed by atoms with E-state index in [1.807, 2.05) is 37.3 Å². The summed E-state index contributed by atoms with van der Waals surface area (Å²) in [5.41, 5.74) is 3.63. The molecule has 2 aromatic rings. The van der Waals surface area contributed by atoms with Gasteiger partial charge in [-0.15, -0.1) is 0 Å². The van der Waals surface area contributed by atoms with Gasteiger partial charge in [-0.2, -0.15) is 0 Å². The highest BCUT2D eigenvalue weighted by Gasteiger charge is 2.30. The minimum Gasteiger partial charge on any atom is -0.506 e. The first-order valence-electron chi connectivity index (χ1n) is 8.75. The van der Waals surface area contributed by atoms with Gasteiger partial charge in [0.1, 0.15) is 11.5 Å². The third-order valence-corrected chi connectivity index (χ3v) is 6.65. The Morgan fingerprint density at radius 1 is 0.893 bits per heavy atom. The number of allylic oxidation sites excluding steroid dienone is 9. The van der Waals surface area contributed by atoms with E-state index < -0.39 is 26.2 Å². The molecule has 0 bridgehead atoms. The molecule has 0 atom stereocenters. The Kier molecular flexibility index (Phi) is 4.32. The predicted molar refractivity (Wildman–Crippen MR) is 110 cm³/mol. The second-order valence-electron chi connectivity index (χ2n) is 6.61. The number of sulfone groups is 1. The van der Waals surface area contributed by atoms with Crippen LogP contribution in [0.2, 0.25) is 0 Å². The van der Waals surface area contributed by atoms with Crippen molar-refractivity contribution in [3.8, 4) is 11.5 Å². The van der Waals surface area contributed by atoms with Crippen LogP contribution in [0.4, 0.5) is 0 Å². The quantitative estimate of drug-likeness (QED) is 0.774. The van der Waals surface area contributed by atoms with Gasteiger partial charge in [-0.05, 0) is 47.4 Å². The second kappa shape index (κ2) is 6.69. The van der Waals surface area contributed by atoms with Crippen molar-refractivity contribution in [2.45, 2.75) is 16.7 Å². The van der Waals surface area contributed by atoms with Crippen molar-refractivity contribution in [2.75, 3.05) is 0 Å². The van der Waals surface area contributed by atoms with Crippen LogP contribution in [0, 0.1) is 0 Å². The number of aromatic hydroxyl groups is 2. The Labute approximate surface area is 163 Å². The fourth-order valence-corrected chi connectivity index (χ4v) is 4.97. The second-order valence-corrected chi connectivity index (χ2v) is 8.50. The zero-order valence-electron chi connectivity index (χ0n) is 15.1. The molecule has 5 heteroatoms. The summed E-state index contributed by atoms with van der Waals surface area (Å²) in [7, 11) is -4.09. The van der Waals surface area contributed by atoms with E-state index in [-0.39, 0.29) is 4.90 Å². The van der Waals surface area contributed by atoms with Crippen molar-refractivity contribution in [2.24, 2.45) is 0 Å². The van der Waals surface area contributed by atoms with Crippen LogP contribution in [0.3, 0.4) is 0 Å². The Morgan fingerprint density at radius 3 is 2.36 bits per heavy atom. The summed E-state index contributed by atoms with van der Waals surface area (Å²) in [5, 5.41) is 21.6.